The van der Waals surface area contributed by atoms with E-state index < -0.39 is 5.41 Å². The minimum absolute atomic E-state index is 0.182. The number of benzene rings is 1. The molecule has 21 heavy (non-hydrogen) atoms. The van der Waals surface area contributed by atoms with Crippen molar-refractivity contribution in [3.05, 3.63) is 35.9 Å². The van der Waals surface area contributed by atoms with Gasteiger partial charge in [0.05, 0.1) is 7.11 Å². The van der Waals surface area contributed by atoms with Crippen LogP contribution >= 0.6 is 0 Å². The first-order chi connectivity index (χ1) is 10.2. The maximum atomic E-state index is 12.6. The van der Waals surface area contributed by atoms with Gasteiger partial charge < -0.3 is 10.5 Å². The maximum absolute atomic E-state index is 12.6. The van der Waals surface area contributed by atoms with Crippen molar-refractivity contribution in [2.75, 3.05) is 13.7 Å². The van der Waals surface area contributed by atoms with Gasteiger partial charge in [0.1, 0.15) is 5.41 Å². The van der Waals surface area contributed by atoms with E-state index in [0.717, 1.165) is 23.8 Å². The highest BCUT2D eigenvalue weighted by Gasteiger charge is 2.47. The van der Waals surface area contributed by atoms with Crippen molar-refractivity contribution in [2.45, 2.75) is 37.5 Å². The van der Waals surface area contributed by atoms with Gasteiger partial charge in [-0.2, -0.15) is 0 Å². The normalized spacial score (nSPS) is 30.1. The molecule has 0 amide bonds. The molecule has 0 heterocycles. The molecule has 1 aromatic rings. The minimum Gasteiger partial charge on any atom is -0.468 e. The molecule has 0 spiro atoms. The van der Waals surface area contributed by atoms with E-state index in [4.69, 9.17) is 10.5 Å². The summed E-state index contributed by atoms with van der Waals surface area (Å²) >= 11 is 0. The lowest BCUT2D eigenvalue weighted by Crippen LogP contribution is -2.46. The zero-order chi connectivity index (χ0) is 14.9. The molecule has 1 aromatic carbocycles. The SMILES string of the molecule is COC(=O)C(CN)(CC1CC2CCC1C2)c1ccccc1. The molecule has 0 aliphatic heterocycles. The Morgan fingerprint density at radius 3 is 2.57 bits per heavy atom. The van der Waals surface area contributed by atoms with Crippen LogP contribution in [0, 0.1) is 17.8 Å². The van der Waals surface area contributed by atoms with Crippen molar-refractivity contribution in [3.63, 3.8) is 0 Å². The molecule has 2 aliphatic carbocycles. The highest BCUT2D eigenvalue weighted by Crippen LogP contribution is 2.52. The summed E-state index contributed by atoms with van der Waals surface area (Å²) in [6.45, 7) is 0.317. The van der Waals surface area contributed by atoms with Crippen LogP contribution in [0.5, 0.6) is 0 Å². The molecule has 0 aromatic heterocycles. The van der Waals surface area contributed by atoms with Gasteiger partial charge in [0.15, 0.2) is 0 Å². The quantitative estimate of drug-likeness (QED) is 0.847. The van der Waals surface area contributed by atoms with Crippen LogP contribution in [0.1, 0.15) is 37.7 Å². The Morgan fingerprint density at radius 2 is 2.05 bits per heavy atom. The number of fused-ring (bicyclic) bond motifs is 2. The summed E-state index contributed by atoms with van der Waals surface area (Å²) in [6, 6.07) is 9.94. The largest absolute Gasteiger partial charge is 0.468 e. The second-order valence-corrected chi connectivity index (χ2v) is 6.78. The molecule has 2 N–H and O–H groups in total. The molecule has 114 valence electrons. The number of esters is 1. The Bertz CT molecular complexity index is 501. The number of ether oxygens (including phenoxy) is 1. The molecule has 2 saturated carbocycles. The topological polar surface area (TPSA) is 52.3 Å². The molecular formula is C18H25NO2. The number of hydrogen-bond acceptors (Lipinski definition) is 3. The fraction of sp³-hybridized carbons (Fsp3) is 0.611. The van der Waals surface area contributed by atoms with Crippen molar-refractivity contribution in [1.29, 1.82) is 0 Å². The number of rotatable bonds is 5. The van der Waals surface area contributed by atoms with Gasteiger partial charge in [-0.05, 0) is 49.0 Å². The van der Waals surface area contributed by atoms with E-state index in [2.05, 4.69) is 0 Å². The Kier molecular flexibility index (Phi) is 4.03. The predicted octanol–water partition coefficient (Wildman–Crippen LogP) is 2.88. The Balaban J connectivity index is 1.90. The van der Waals surface area contributed by atoms with E-state index in [0.29, 0.717) is 12.5 Å². The predicted molar refractivity (Wildman–Crippen MR) is 82.7 cm³/mol. The Hall–Kier alpha value is -1.35. The summed E-state index contributed by atoms with van der Waals surface area (Å²) in [5, 5.41) is 0. The van der Waals surface area contributed by atoms with Crippen LogP contribution < -0.4 is 5.73 Å². The van der Waals surface area contributed by atoms with Crippen molar-refractivity contribution in [2.24, 2.45) is 23.5 Å². The highest BCUT2D eigenvalue weighted by atomic mass is 16.5. The molecule has 2 fully saturated rings. The third-order valence-electron chi connectivity index (χ3n) is 5.75. The third-order valence-corrected chi connectivity index (χ3v) is 5.75. The lowest BCUT2D eigenvalue weighted by atomic mass is 9.70. The van der Waals surface area contributed by atoms with E-state index in [1.807, 2.05) is 30.3 Å². The zero-order valence-corrected chi connectivity index (χ0v) is 12.8. The first-order valence-electron chi connectivity index (χ1n) is 8.03. The van der Waals surface area contributed by atoms with Gasteiger partial charge in [-0.15, -0.1) is 0 Å². The van der Waals surface area contributed by atoms with E-state index in [-0.39, 0.29) is 5.97 Å². The lowest BCUT2D eigenvalue weighted by molar-refractivity contribution is -0.148. The van der Waals surface area contributed by atoms with E-state index in [1.54, 1.807) is 0 Å². The highest BCUT2D eigenvalue weighted by molar-refractivity contribution is 5.83. The fourth-order valence-corrected chi connectivity index (χ4v) is 4.63. The van der Waals surface area contributed by atoms with Crippen LogP contribution in [0.15, 0.2) is 30.3 Å². The van der Waals surface area contributed by atoms with Crippen LogP contribution in [-0.4, -0.2) is 19.6 Å². The van der Waals surface area contributed by atoms with Crippen molar-refractivity contribution in [3.8, 4) is 0 Å². The van der Waals surface area contributed by atoms with Gasteiger partial charge in [-0.1, -0.05) is 36.8 Å². The van der Waals surface area contributed by atoms with Crippen LogP contribution in [0.4, 0.5) is 0 Å². The van der Waals surface area contributed by atoms with Crippen molar-refractivity contribution in [1.82, 2.24) is 0 Å². The fourth-order valence-electron chi connectivity index (χ4n) is 4.63. The Morgan fingerprint density at radius 1 is 1.29 bits per heavy atom. The molecule has 4 atom stereocenters. The minimum atomic E-state index is -0.675. The smallest absolute Gasteiger partial charge is 0.317 e. The molecule has 3 rings (SSSR count). The summed E-state index contributed by atoms with van der Waals surface area (Å²) in [5.74, 6) is 2.10. The van der Waals surface area contributed by atoms with E-state index in [1.165, 1.54) is 32.8 Å². The molecule has 0 saturated heterocycles. The monoisotopic (exact) mass is 287 g/mol. The van der Waals surface area contributed by atoms with Crippen molar-refractivity contribution >= 4 is 5.97 Å². The number of carbonyl (C=O) groups excluding carboxylic acids is 1. The van der Waals surface area contributed by atoms with E-state index in [9.17, 15) is 4.79 Å². The molecule has 4 unspecified atom stereocenters. The lowest BCUT2D eigenvalue weighted by Gasteiger charge is -2.35. The first-order valence-corrected chi connectivity index (χ1v) is 8.03. The van der Waals surface area contributed by atoms with Gasteiger partial charge >= 0.3 is 5.97 Å². The second-order valence-electron chi connectivity index (χ2n) is 6.78. The number of nitrogens with two attached hydrogens (primary N) is 1. The molecule has 2 bridgehead atoms. The van der Waals surface area contributed by atoms with Crippen LogP contribution in [0.25, 0.3) is 0 Å². The molecular weight excluding hydrogens is 262 g/mol. The average molecular weight is 287 g/mol. The van der Waals surface area contributed by atoms with Gasteiger partial charge in [0.25, 0.3) is 0 Å². The summed E-state index contributed by atoms with van der Waals surface area (Å²) in [5.41, 5.74) is 6.42. The molecule has 3 heteroatoms. The summed E-state index contributed by atoms with van der Waals surface area (Å²) in [6.07, 6.45) is 6.14. The van der Waals surface area contributed by atoms with Crippen LogP contribution in [0.2, 0.25) is 0 Å². The average Bonchev–Trinajstić information content (AvgIpc) is 3.15. The van der Waals surface area contributed by atoms with Gasteiger partial charge in [0, 0.05) is 6.54 Å². The number of carbonyl (C=O) groups is 1. The second kappa shape index (κ2) is 5.80. The van der Waals surface area contributed by atoms with Gasteiger partial charge in [0.2, 0.25) is 0 Å². The first kappa shape index (κ1) is 14.6. The summed E-state index contributed by atoms with van der Waals surface area (Å²) in [7, 11) is 1.47. The van der Waals surface area contributed by atoms with Gasteiger partial charge in [-0.25, -0.2) is 0 Å². The van der Waals surface area contributed by atoms with Crippen LogP contribution in [0.3, 0.4) is 0 Å². The Labute approximate surface area is 126 Å². The summed E-state index contributed by atoms with van der Waals surface area (Å²) < 4.78 is 5.13. The maximum Gasteiger partial charge on any atom is 0.317 e. The number of hydrogen-bond donors (Lipinski definition) is 1. The molecule has 3 nitrogen and oxygen atoms in total. The third kappa shape index (κ3) is 2.48. The standard InChI is InChI=1S/C18H25NO2/c1-21-17(20)18(12-19,16-5-3-2-4-6-16)11-15-10-13-7-8-14(15)9-13/h2-6,13-15H,7-12,19H2,1H3. The van der Waals surface area contributed by atoms with E-state index >= 15 is 0 Å². The molecule has 2 aliphatic rings. The molecule has 0 radical (unpaired) electrons. The zero-order valence-electron chi connectivity index (χ0n) is 12.8. The summed E-state index contributed by atoms with van der Waals surface area (Å²) in [4.78, 5) is 12.6. The number of methoxy groups -OCH3 is 1. The van der Waals surface area contributed by atoms with Crippen molar-refractivity contribution < 1.29 is 9.53 Å². The van der Waals surface area contributed by atoms with Crippen LogP contribution in [-0.2, 0) is 14.9 Å². The van der Waals surface area contributed by atoms with Gasteiger partial charge in [-0.3, -0.25) is 4.79 Å².